The van der Waals surface area contributed by atoms with Crippen LogP contribution in [0.25, 0.3) is 0 Å². The van der Waals surface area contributed by atoms with Crippen molar-refractivity contribution in [2.24, 2.45) is 0 Å². The Hall–Kier alpha value is -3.11. The van der Waals surface area contributed by atoms with Crippen molar-refractivity contribution in [3.8, 4) is 11.5 Å². The number of rotatable bonds is 6. The Bertz CT molecular complexity index is 1210. The van der Waals surface area contributed by atoms with Gasteiger partial charge in [-0.25, -0.2) is 8.42 Å². The van der Waals surface area contributed by atoms with Crippen LogP contribution >= 0.6 is 0 Å². The highest BCUT2D eigenvalue weighted by Crippen LogP contribution is 2.36. The van der Waals surface area contributed by atoms with E-state index in [2.05, 4.69) is 5.32 Å². The highest BCUT2D eigenvalue weighted by Gasteiger charge is 2.38. The first kappa shape index (κ1) is 24.0. The van der Waals surface area contributed by atoms with Crippen LogP contribution in [0.15, 0.2) is 41.3 Å². The van der Waals surface area contributed by atoms with Gasteiger partial charge in [0.15, 0.2) is 0 Å². The van der Waals surface area contributed by atoms with Gasteiger partial charge in [-0.05, 0) is 48.7 Å². The van der Waals surface area contributed by atoms with Gasteiger partial charge in [-0.15, -0.1) is 0 Å². The van der Waals surface area contributed by atoms with Gasteiger partial charge >= 0.3 is 0 Å². The normalized spacial score (nSPS) is 18.3. The number of sulfonamides is 1. The summed E-state index contributed by atoms with van der Waals surface area (Å²) in [7, 11) is -0.599. The highest BCUT2D eigenvalue weighted by molar-refractivity contribution is 7.89. The number of anilines is 2. The number of nitrogens with one attached hydrogen (secondary N) is 1. The third kappa shape index (κ3) is 4.47. The number of benzene rings is 2. The minimum Gasteiger partial charge on any atom is -0.497 e. The van der Waals surface area contributed by atoms with Crippen LogP contribution in [0.4, 0.5) is 11.4 Å². The third-order valence-corrected chi connectivity index (χ3v) is 8.19. The summed E-state index contributed by atoms with van der Waals surface area (Å²) in [5.74, 6) is 0.311. The van der Waals surface area contributed by atoms with Gasteiger partial charge in [0.2, 0.25) is 21.8 Å². The molecule has 0 saturated carbocycles. The zero-order valence-corrected chi connectivity index (χ0v) is 20.4. The molecule has 182 valence electrons. The van der Waals surface area contributed by atoms with Crippen LogP contribution in [0.5, 0.6) is 11.5 Å². The minimum absolute atomic E-state index is 0.189. The molecule has 0 bridgehead atoms. The lowest BCUT2D eigenvalue weighted by Crippen LogP contribution is -2.44. The molecule has 1 N–H and O–H groups in total. The fourth-order valence-electron chi connectivity index (χ4n) is 4.56. The molecular weight excluding hydrogens is 458 g/mol. The molecule has 0 radical (unpaired) electrons. The summed E-state index contributed by atoms with van der Waals surface area (Å²) < 4.78 is 38.3. The summed E-state index contributed by atoms with van der Waals surface area (Å²) in [5, 5.41) is 2.83. The van der Waals surface area contributed by atoms with Gasteiger partial charge < -0.3 is 14.8 Å². The van der Waals surface area contributed by atoms with Crippen LogP contribution in [0.2, 0.25) is 0 Å². The molecule has 2 amide bonds. The first-order valence-corrected chi connectivity index (χ1v) is 12.7. The van der Waals surface area contributed by atoms with E-state index in [4.69, 9.17) is 9.47 Å². The summed E-state index contributed by atoms with van der Waals surface area (Å²) in [5.41, 5.74) is 1.64. The predicted molar refractivity (Wildman–Crippen MR) is 128 cm³/mol. The van der Waals surface area contributed by atoms with E-state index in [1.807, 2.05) is 0 Å². The molecule has 2 aliphatic heterocycles. The van der Waals surface area contributed by atoms with E-state index in [0.717, 1.165) is 19.3 Å². The lowest BCUT2D eigenvalue weighted by Gasteiger charge is -2.26. The van der Waals surface area contributed by atoms with E-state index in [1.165, 1.54) is 36.4 Å². The summed E-state index contributed by atoms with van der Waals surface area (Å²) in [6.07, 6.45) is 2.93. The van der Waals surface area contributed by atoms with Crippen LogP contribution < -0.4 is 19.7 Å². The Kier molecular flexibility index (Phi) is 6.81. The largest absolute Gasteiger partial charge is 0.497 e. The maximum atomic E-state index is 13.2. The number of hydrogen-bond donors (Lipinski definition) is 1. The number of fused-ring (bicyclic) bond motifs is 1. The van der Waals surface area contributed by atoms with Gasteiger partial charge in [-0.3, -0.25) is 14.5 Å². The smallest absolute Gasteiger partial charge is 0.248 e. The maximum absolute atomic E-state index is 13.2. The van der Waals surface area contributed by atoms with Crippen molar-refractivity contribution in [3.05, 3.63) is 42.0 Å². The van der Waals surface area contributed by atoms with E-state index in [-0.39, 0.29) is 17.2 Å². The highest BCUT2D eigenvalue weighted by atomic mass is 32.2. The number of ether oxygens (including phenoxy) is 2. The predicted octanol–water partition coefficient (Wildman–Crippen LogP) is 2.79. The average Bonchev–Trinajstić information content (AvgIpc) is 3.24. The average molecular weight is 488 g/mol. The first-order valence-electron chi connectivity index (χ1n) is 11.2. The molecule has 1 fully saturated rings. The number of nitrogens with zero attached hydrogens (tertiary/aromatic N) is 2. The third-order valence-electron chi connectivity index (χ3n) is 6.30. The van der Waals surface area contributed by atoms with Gasteiger partial charge in [-0.1, -0.05) is 6.42 Å². The number of carbonyl (C=O) groups excluding carboxylic acids is 2. The van der Waals surface area contributed by atoms with Gasteiger partial charge in [0, 0.05) is 38.2 Å². The van der Waals surface area contributed by atoms with Crippen LogP contribution in [0, 0.1) is 0 Å². The second kappa shape index (κ2) is 9.63. The summed E-state index contributed by atoms with van der Waals surface area (Å²) in [4.78, 5) is 27.3. The van der Waals surface area contributed by atoms with Gasteiger partial charge in [0.05, 0.1) is 24.8 Å². The summed E-state index contributed by atoms with van der Waals surface area (Å²) in [6.45, 7) is 2.41. The molecule has 34 heavy (non-hydrogen) atoms. The SMILES string of the molecule is COc1ccc(NC(=O)[C@H]2Cc3cc(S(=O)(=O)N4CCCCC4)ccc3N2C(C)=O)c(OC)c1. The molecule has 2 heterocycles. The van der Waals surface area contributed by atoms with Gasteiger partial charge in [0.1, 0.15) is 17.5 Å². The van der Waals surface area contributed by atoms with Crippen molar-refractivity contribution in [2.75, 3.05) is 37.5 Å². The molecule has 0 unspecified atom stereocenters. The zero-order valence-electron chi connectivity index (χ0n) is 19.5. The second-order valence-corrected chi connectivity index (χ2v) is 10.4. The number of carbonyl (C=O) groups is 2. The van der Waals surface area contributed by atoms with Crippen LogP contribution in [0.1, 0.15) is 31.7 Å². The van der Waals surface area contributed by atoms with Crippen molar-refractivity contribution >= 4 is 33.2 Å². The van der Waals surface area contributed by atoms with E-state index >= 15 is 0 Å². The van der Waals surface area contributed by atoms with Crippen molar-refractivity contribution in [2.45, 2.75) is 43.5 Å². The number of amides is 2. The Morgan fingerprint density at radius 1 is 1.00 bits per heavy atom. The molecule has 1 atom stereocenters. The van der Waals surface area contributed by atoms with Crippen molar-refractivity contribution in [3.63, 3.8) is 0 Å². The summed E-state index contributed by atoms with van der Waals surface area (Å²) >= 11 is 0. The lowest BCUT2D eigenvalue weighted by atomic mass is 10.1. The minimum atomic E-state index is -3.62. The topological polar surface area (TPSA) is 105 Å². The number of hydrogen-bond acceptors (Lipinski definition) is 6. The van der Waals surface area contributed by atoms with E-state index in [1.54, 1.807) is 30.3 Å². The van der Waals surface area contributed by atoms with Gasteiger partial charge in [0.25, 0.3) is 0 Å². The van der Waals surface area contributed by atoms with E-state index in [9.17, 15) is 18.0 Å². The van der Waals surface area contributed by atoms with Crippen LogP contribution in [0.3, 0.4) is 0 Å². The summed E-state index contributed by atoms with van der Waals surface area (Å²) in [6, 6.07) is 8.93. The van der Waals surface area contributed by atoms with Crippen molar-refractivity contribution in [1.82, 2.24) is 4.31 Å². The molecule has 2 aromatic carbocycles. The fraction of sp³-hybridized carbons (Fsp3) is 0.417. The first-order chi connectivity index (χ1) is 16.3. The monoisotopic (exact) mass is 487 g/mol. The van der Waals surface area contributed by atoms with Crippen molar-refractivity contribution < 1.29 is 27.5 Å². The number of piperidine rings is 1. The molecule has 1 saturated heterocycles. The van der Waals surface area contributed by atoms with Gasteiger partial charge in [-0.2, -0.15) is 4.31 Å². The molecule has 2 aromatic rings. The quantitative estimate of drug-likeness (QED) is 0.672. The fourth-order valence-corrected chi connectivity index (χ4v) is 6.13. The Balaban J connectivity index is 1.60. The molecule has 9 nitrogen and oxygen atoms in total. The molecular formula is C24H29N3O6S. The van der Waals surface area contributed by atoms with Crippen LogP contribution in [-0.4, -0.2) is 57.9 Å². The maximum Gasteiger partial charge on any atom is 0.248 e. The Morgan fingerprint density at radius 3 is 2.38 bits per heavy atom. The molecule has 0 aromatic heterocycles. The second-order valence-electron chi connectivity index (χ2n) is 8.42. The zero-order chi connectivity index (χ0) is 24.5. The molecule has 10 heteroatoms. The Morgan fingerprint density at radius 2 is 1.74 bits per heavy atom. The van der Waals surface area contributed by atoms with Crippen molar-refractivity contribution in [1.29, 1.82) is 0 Å². The van der Waals surface area contributed by atoms with E-state index in [0.29, 0.717) is 41.5 Å². The standard InChI is InChI=1S/C24H29N3O6S/c1-16(28)27-21-10-8-19(34(30,31)26-11-5-4-6-12-26)13-17(21)14-22(27)24(29)25-20-9-7-18(32-2)15-23(20)33-3/h7-10,13,15,22H,4-6,11-12,14H2,1-3H3,(H,25,29)/t22-/m1/s1. The molecule has 0 aliphatic carbocycles. The molecule has 2 aliphatic rings. The van der Waals surface area contributed by atoms with Crippen LogP contribution in [-0.2, 0) is 26.0 Å². The number of methoxy groups -OCH3 is 2. The lowest BCUT2D eigenvalue weighted by molar-refractivity contribution is -0.122. The molecule has 4 rings (SSSR count). The van der Waals surface area contributed by atoms with E-state index < -0.39 is 22.0 Å². The Labute approximate surface area is 199 Å². The molecule has 0 spiro atoms.